The molecular formula is C39H41N3OSe. The van der Waals surface area contributed by atoms with Crippen molar-refractivity contribution in [2.45, 2.75) is 62.9 Å². The Morgan fingerprint density at radius 3 is 2.50 bits per heavy atom. The molecule has 0 unspecified atom stereocenters. The van der Waals surface area contributed by atoms with E-state index in [-0.39, 0.29) is 5.41 Å². The van der Waals surface area contributed by atoms with E-state index in [0.717, 1.165) is 36.2 Å². The predicted molar refractivity (Wildman–Crippen MR) is 179 cm³/mol. The second-order valence-corrected chi connectivity index (χ2v) is 15.5. The van der Waals surface area contributed by atoms with Crippen LogP contribution in [0.4, 0.5) is 5.69 Å². The molecule has 2 fully saturated rings. The number of hydrazine groups is 1. The Balaban J connectivity index is 1.10. The molecule has 5 atom stereocenters. The first-order valence-corrected chi connectivity index (χ1v) is 18.2. The normalized spacial score (nSPS) is 26.0. The van der Waals surface area contributed by atoms with Gasteiger partial charge in [-0.25, -0.2) is 0 Å². The molecule has 3 aliphatic rings. The molecule has 1 N–H and O–H groups in total. The van der Waals surface area contributed by atoms with Crippen LogP contribution in [0.1, 0.15) is 60.8 Å². The molecule has 0 spiro atoms. The van der Waals surface area contributed by atoms with E-state index in [9.17, 15) is 5.26 Å². The minimum atomic E-state index is 0.285. The first kappa shape index (κ1) is 29.2. The fraction of sp³-hybridized carbons (Fsp3) is 0.359. The fourth-order valence-electron chi connectivity index (χ4n) is 8.16. The molecule has 0 radical (unpaired) electrons. The maximum absolute atomic E-state index is 9.29. The average molecular weight is 647 g/mol. The third kappa shape index (κ3) is 6.17. The Hall–Kier alpha value is -3.55. The molecule has 44 heavy (non-hydrogen) atoms. The van der Waals surface area contributed by atoms with E-state index < -0.39 is 0 Å². The van der Waals surface area contributed by atoms with Crippen molar-refractivity contribution in [2.75, 3.05) is 12.0 Å². The Morgan fingerprint density at radius 1 is 0.955 bits per heavy atom. The van der Waals surface area contributed by atoms with Crippen LogP contribution >= 0.6 is 0 Å². The summed E-state index contributed by atoms with van der Waals surface area (Å²) in [7, 11) is 0. The molecule has 0 amide bonds. The van der Waals surface area contributed by atoms with Crippen LogP contribution in [0, 0.1) is 28.6 Å². The topological polar surface area (TPSA) is 48.3 Å². The van der Waals surface area contributed by atoms with Crippen molar-refractivity contribution in [1.82, 2.24) is 5.01 Å². The fourth-order valence-corrected chi connectivity index (χ4v) is 10.4. The molecule has 5 heteroatoms. The molecule has 1 aliphatic heterocycles. The molecule has 4 aromatic rings. The zero-order valence-corrected chi connectivity index (χ0v) is 27.2. The van der Waals surface area contributed by atoms with Gasteiger partial charge in [-0.2, -0.15) is 0 Å². The van der Waals surface area contributed by atoms with Crippen molar-refractivity contribution < 1.29 is 4.74 Å². The van der Waals surface area contributed by atoms with Crippen molar-refractivity contribution in [3.05, 3.63) is 125 Å². The number of nitrogens with zero attached hydrogens (tertiary/aromatic N) is 2. The van der Waals surface area contributed by atoms with Crippen LogP contribution in [0.25, 0.3) is 0 Å². The van der Waals surface area contributed by atoms with Gasteiger partial charge in [-0.15, -0.1) is 0 Å². The predicted octanol–water partition coefficient (Wildman–Crippen LogP) is 7.75. The summed E-state index contributed by atoms with van der Waals surface area (Å²) >= 11 is 0.424. The number of hydrogen-bond acceptors (Lipinski definition) is 4. The second kappa shape index (κ2) is 12.8. The van der Waals surface area contributed by atoms with Gasteiger partial charge >= 0.3 is 234 Å². The summed E-state index contributed by atoms with van der Waals surface area (Å²) in [6.45, 7) is 4.25. The summed E-state index contributed by atoms with van der Waals surface area (Å²) in [6.07, 6.45) is 6.19. The number of ether oxygens (including phenoxy) is 1. The van der Waals surface area contributed by atoms with Gasteiger partial charge < -0.3 is 0 Å². The maximum atomic E-state index is 9.29. The number of hydrogen-bond donors (Lipinski definition) is 1. The van der Waals surface area contributed by atoms with Gasteiger partial charge in [-0.3, -0.25) is 0 Å². The summed E-state index contributed by atoms with van der Waals surface area (Å²) in [5.74, 6) is 3.11. The van der Waals surface area contributed by atoms with Crippen molar-refractivity contribution in [3.63, 3.8) is 0 Å². The summed E-state index contributed by atoms with van der Waals surface area (Å²) < 4.78 is 7.70. The number of nitrogens with one attached hydrogen (secondary N) is 1. The molecule has 0 aromatic heterocycles. The molecular weight excluding hydrogens is 605 g/mol. The van der Waals surface area contributed by atoms with E-state index >= 15 is 0 Å². The van der Waals surface area contributed by atoms with Gasteiger partial charge in [0.2, 0.25) is 0 Å². The molecule has 1 heterocycles. The van der Waals surface area contributed by atoms with Gasteiger partial charge in [0.15, 0.2) is 0 Å². The van der Waals surface area contributed by atoms with Gasteiger partial charge in [0, 0.05) is 0 Å². The Morgan fingerprint density at radius 2 is 1.73 bits per heavy atom. The van der Waals surface area contributed by atoms with E-state index in [2.05, 4.69) is 114 Å². The molecule has 1 saturated heterocycles. The van der Waals surface area contributed by atoms with Crippen molar-refractivity contribution in [3.8, 4) is 11.8 Å². The SMILES string of the molecule is C[C@@]12CC[C@@H]3c4ccc(OCc5ccccc5)cc4CC[C@H]3[C@@H]1C[C@@H](C[Se]c1ccccc1)N(Nc1ccc(C#N)cc1)C2. The van der Waals surface area contributed by atoms with E-state index in [0.29, 0.717) is 39.1 Å². The zero-order valence-electron chi connectivity index (χ0n) is 25.5. The summed E-state index contributed by atoms with van der Waals surface area (Å²) in [5.41, 5.74) is 10.2. The Bertz CT molecular complexity index is 1600. The molecule has 4 nitrogen and oxygen atoms in total. The van der Waals surface area contributed by atoms with Gasteiger partial charge in [0.25, 0.3) is 0 Å². The van der Waals surface area contributed by atoms with Gasteiger partial charge in [-0.1, -0.05) is 30.3 Å². The first-order chi connectivity index (χ1) is 21.6. The minimum absolute atomic E-state index is 0.285. The van der Waals surface area contributed by atoms with E-state index in [1.165, 1.54) is 46.6 Å². The number of anilines is 1. The summed E-state index contributed by atoms with van der Waals surface area (Å²) in [4.78, 5) is 0. The van der Waals surface area contributed by atoms with Crippen LogP contribution in [0.15, 0.2) is 103 Å². The van der Waals surface area contributed by atoms with Gasteiger partial charge in [-0.05, 0) is 5.56 Å². The van der Waals surface area contributed by atoms with E-state index in [1.54, 1.807) is 5.56 Å². The van der Waals surface area contributed by atoms with Crippen LogP contribution < -0.4 is 14.6 Å². The van der Waals surface area contributed by atoms with Crippen molar-refractivity contribution in [2.24, 2.45) is 17.3 Å². The third-order valence-corrected chi connectivity index (χ3v) is 12.9. The monoisotopic (exact) mass is 647 g/mol. The van der Waals surface area contributed by atoms with Crippen molar-refractivity contribution in [1.29, 1.82) is 5.26 Å². The van der Waals surface area contributed by atoms with Crippen LogP contribution in [0.5, 0.6) is 5.75 Å². The number of rotatable bonds is 8. The summed E-state index contributed by atoms with van der Waals surface area (Å²) in [5, 5.41) is 13.0. The number of fused-ring (bicyclic) bond motifs is 5. The Kier molecular flexibility index (Phi) is 8.50. The molecule has 0 bridgehead atoms. The van der Waals surface area contributed by atoms with Gasteiger partial charge in [0.05, 0.1) is 0 Å². The molecule has 2 aliphatic carbocycles. The zero-order chi connectivity index (χ0) is 29.9. The third-order valence-electron chi connectivity index (χ3n) is 10.4. The van der Waals surface area contributed by atoms with Crippen LogP contribution in [0.2, 0.25) is 5.32 Å². The number of piperidine rings is 1. The quantitative estimate of drug-likeness (QED) is 0.199. The molecule has 1 saturated carbocycles. The van der Waals surface area contributed by atoms with E-state index in [4.69, 9.17) is 4.74 Å². The summed E-state index contributed by atoms with van der Waals surface area (Å²) in [6, 6.07) is 39.1. The van der Waals surface area contributed by atoms with E-state index in [1.807, 2.05) is 12.1 Å². The molecule has 4 aromatic carbocycles. The standard InChI is InChI=1S/C39H41N3OSe/c1-39-21-20-36-35-19-17-33(43-25-29-8-4-2-5-9-29)22-30(35)14-18-37(36)38(39)23-32(26-44-34-10-6-3-7-11-34)42(27-39)41-31-15-12-28(24-40)13-16-31/h2-13,15-17,19,22,32,36-38,41H,14,18,20-21,23,25-27H2,1H3/t32-,36+,37+,38-,39-/m0/s1. The van der Waals surface area contributed by atoms with Gasteiger partial charge in [0.1, 0.15) is 0 Å². The molecule has 7 rings (SSSR count). The average Bonchev–Trinajstić information content (AvgIpc) is 3.07. The first-order valence-electron chi connectivity index (χ1n) is 16.1. The Labute approximate surface area is 268 Å². The number of benzene rings is 4. The molecule has 224 valence electrons. The van der Waals surface area contributed by atoms with Crippen molar-refractivity contribution >= 4 is 25.1 Å². The van der Waals surface area contributed by atoms with Crippen LogP contribution in [-0.2, 0) is 13.0 Å². The second-order valence-electron chi connectivity index (χ2n) is 13.2. The van der Waals surface area contributed by atoms with Crippen LogP contribution in [-0.4, -0.2) is 32.6 Å². The van der Waals surface area contributed by atoms with Crippen LogP contribution in [0.3, 0.4) is 0 Å². The number of aryl methyl sites for hydroxylation is 1. The number of nitriles is 1.